The van der Waals surface area contributed by atoms with Gasteiger partial charge in [0.2, 0.25) is 0 Å². The molecule has 0 spiro atoms. The van der Waals surface area contributed by atoms with Crippen molar-refractivity contribution in [2.24, 2.45) is 0 Å². The second-order valence-electron chi connectivity index (χ2n) is 6.93. The van der Waals surface area contributed by atoms with Crippen molar-refractivity contribution in [3.63, 3.8) is 0 Å². The summed E-state index contributed by atoms with van der Waals surface area (Å²) in [5.41, 5.74) is 5.37. The van der Waals surface area contributed by atoms with Crippen molar-refractivity contribution in [2.45, 2.75) is 51.3 Å². The molecule has 24 heavy (non-hydrogen) atoms. The molecule has 2 aromatic rings. The minimum atomic E-state index is 0.262. The molecule has 2 aromatic carbocycles. The van der Waals surface area contributed by atoms with Crippen LogP contribution in [0.25, 0.3) is 0 Å². The number of rotatable bonds is 4. The van der Waals surface area contributed by atoms with E-state index in [2.05, 4.69) is 48.6 Å². The first-order valence-corrected chi connectivity index (χ1v) is 8.92. The second-order valence-corrected chi connectivity index (χ2v) is 6.93. The van der Waals surface area contributed by atoms with E-state index in [0.717, 1.165) is 24.5 Å². The highest BCUT2D eigenvalue weighted by Gasteiger charge is 2.23. The molecule has 0 fully saturated rings. The smallest absolute Gasteiger partial charge is 0.123 e. The lowest BCUT2D eigenvalue weighted by Gasteiger charge is -2.27. The molecule has 0 saturated carbocycles. The lowest BCUT2D eigenvalue weighted by molar-refractivity contribution is 0.254. The highest BCUT2D eigenvalue weighted by Crippen LogP contribution is 2.36. The molecule has 0 unspecified atom stereocenters. The molecular weight excluding hydrogens is 298 g/mol. The lowest BCUT2D eigenvalue weighted by atomic mass is 9.87. The first kappa shape index (κ1) is 15.5. The van der Waals surface area contributed by atoms with Crippen LogP contribution < -0.4 is 14.8 Å². The van der Waals surface area contributed by atoms with Gasteiger partial charge in [0, 0.05) is 30.1 Å². The van der Waals surface area contributed by atoms with Gasteiger partial charge in [0.1, 0.15) is 17.6 Å². The van der Waals surface area contributed by atoms with Crippen LogP contribution in [0.3, 0.4) is 0 Å². The van der Waals surface area contributed by atoms with E-state index in [1.165, 1.54) is 41.5 Å². The molecule has 1 N–H and O–H groups in total. The Morgan fingerprint density at radius 2 is 2.08 bits per heavy atom. The quantitative estimate of drug-likeness (QED) is 0.915. The van der Waals surface area contributed by atoms with Gasteiger partial charge in [0.05, 0.1) is 7.11 Å². The Labute approximate surface area is 144 Å². The molecule has 1 heterocycles. The number of aryl methyl sites for hydroxylation is 1. The number of hydrogen-bond donors (Lipinski definition) is 1. The number of benzene rings is 2. The van der Waals surface area contributed by atoms with Gasteiger partial charge in [-0.1, -0.05) is 24.3 Å². The van der Waals surface area contributed by atoms with Gasteiger partial charge in [-0.3, -0.25) is 0 Å². The van der Waals surface area contributed by atoms with E-state index in [4.69, 9.17) is 9.47 Å². The summed E-state index contributed by atoms with van der Waals surface area (Å²) in [7, 11) is 1.75. The summed E-state index contributed by atoms with van der Waals surface area (Å²) >= 11 is 0. The SMILES string of the molecule is COc1cc2c(cc1CN[C@@H]1CCCc3ccccc31)O[C@@H](C)C2. The Bertz CT molecular complexity index is 741. The second kappa shape index (κ2) is 6.48. The predicted molar refractivity (Wildman–Crippen MR) is 95.7 cm³/mol. The van der Waals surface area contributed by atoms with Crippen molar-refractivity contribution < 1.29 is 9.47 Å². The van der Waals surface area contributed by atoms with Crippen molar-refractivity contribution in [3.8, 4) is 11.5 Å². The van der Waals surface area contributed by atoms with E-state index in [9.17, 15) is 0 Å². The minimum Gasteiger partial charge on any atom is -0.496 e. The summed E-state index contributed by atoms with van der Waals surface area (Å²) in [4.78, 5) is 0. The Morgan fingerprint density at radius 3 is 2.96 bits per heavy atom. The van der Waals surface area contributed by atoms with Crippen LogP contribution in [0.4, 0.5) is 0 Å². The predicted octanol–water partition coefficient (Wildman–Crippen LogP) is 4.19. The van der Waals surface area contributed by atoms with Gasteiger partial charge in [-0.2, -0.15) is 0 Å². The summed E-state index contributed by atoms with van der Waals surface area (Å²) in [5, 5.41) is 3.74. The number of fused-ring (bicyclic) bond motifs is 2. The Balaban J connectivity index is 1.54. The summed E-state index contributed by atoms with van der Waals surface area (Å²) in [5.74, 6) is 1.98. The molecule has 2 atom stereocenters. The summed E-state index contributed by atoms with van der Waals surface area (Å²) in [6, 6.07) is 13.5. The maximum atomic E-state index is 5.91. The number of ether oxygens (including phenoxy) is 2. The van der Waals surface area contributed by atoms with Crippen LogP contribution in [0.2, 0.25) is 0 Å². The van der Waals surface area contributed by atoms with Crippen molar-refractivity contribution >= 4 is 0 Å². The van der Waals surface area contributed by atoms with E-state index in [1.54, 1.807) is 7.11 Å². The average molecular weight is 323 g/mol. The third kappa shape index (κ3) is 2.89. The van der Waals surface area contributed by atoms with Gasteiger partial charge in [0.25, 0.3) is 0 Å². The third-order valence-electron chi connectivity index (χ3n) is 5.21. The van der Waals surface area contributed by atoms with Crippen molar-refractivity contribution in [2.75, 3.05) is 7.11 Å². The van der Waals surface area contributed by atoms with Crippen LogP contribution in [-0.4, -0.2) is 13.2 Å². The first-order valence-electron chi connectivity index (χ1n) is 8.92. The molecule has 0 radical (unpaired) electrons. The van der Waals surface area contributed by atoms with Crippen LogP contribution in [0.5, 0.6) is 11.5 Å². The van der Waals surface area contributed by atoms with Crippen molar-refractivity contribution in [3.05, 3.63) is 58.7 Å². The molecule has 2 aliphatic rings. The summed E-state index contributed by atoms with van der Waals surface area (Å²) in [6.45, 7) is 2.91. The van der Waals surface area contributed by atoms with Gasteiger partial charge in [0.15, 0.2) is 0 Å². The average Bonchev–Trinajstić information content (AvgIpc) is 2.97. The van der Waals surface area contributed by atoms with Crippen molar-refractivity contribution in [1.29, 1.82) is 0 Å². The Kier molecular flexibility index (Phi) is 4.19. The van der Waals surface area contributed by atoms with E-state index in [0.29, 0.717) is 6.04 Å². The number of nitrogens with one attached hydrogen (secondary N) is 1. The monoisotopic (exact) mass is 323 g/mol. The van der Waals surface area contributed by atoms with E-state index in [1.807, 2.05) is 0 Å². The topological polar surface area (TPSA) is 30.5 Å². The van der Waals surface area contributed by atoms with Gasteiger partial charge >= 0.3 is 0 Å². The van der Waals surface area contributed by atoms with E-state index in [-0.39, 0.29) is 6.10 Å². The fourth-order valence-corrected chi connectivity index (χ4v) is 4.01. The van der Waals surface area contributed by atoms with Crippen LogP contribution in [0, 0.1) is 0 Å². The largest absolute Gasteiger partial charge is 0.496 e. The van der Waals surface area contributed by atoms with Crippen molar-refractivity contribution in [1.82, 2.24) is 5.32 Å². The molecule has 3 nitrogen and oxygen atoms in total. The van der Waals surface area contributed by atoms with Gasteiger partial charge in [-0.25, -0.2) is 0 Å². The fourth-order valence-electron chi connectivity index (χ4n) is 4.01. The Morgan fingerprint density at radius 1 is 1.21 bits per heavy atom. The zero-order valence-electron chi connectivity index (χ0n) is 14.5. The summed E-state index contributed by atoms with van der Waals surface area (Å²) in [6.07, 6.45) is 4.87. The van der Waals surface area contributed by atoms with Crippen LogP contribution in [0.1, 0.15) is 48.1 Å². The molecule has 1 aliphatic carbocycles. The molecule has 0 saturated heterocycles. The molecule has 4 rings (SSSR count). The third-order valence-corrected chi connectivity index (χ3v) is 5.21. The zero-order chi connectivity index (χ0) is 16.5. The molecule has 0 aromatic heterocycles. The van der Waals surface area contributed by atoms with Gasteiger partial charge < -0.3 is 14.8 Å². The normalized spacial score (nSPS) is 21.8. The molecule has 126 valence electrons. The lowest BCUT2D eigenvalue weighted by Crippen LogP contribution is -2.25. The minimum absolute atomic E-state index is 0.262. The highest BCUT2D eigenvalue weighted by molar-refractivity contribution is 5.48. The van der Waals surface area contributed by atoms with Crippen LogP contribution in [0.15, 0.2) is 36.4 Å². The fraction of sp³-hybridized carbons (Fsp3) is 0.429. The molecular formula is C21H25NO2. The maximum absolute atomic E-state index is 5.91. The molecule has 1 aliphatic heterocycles. The molecule has 0 bridgehead atoms. The van der Waals surface area contributed by atoms with Gasteiger partial charge in [-0.05, 0) is 49.4 Å². The zero-order valence-corrected chi connectivity index (χ0v) is 14.5. The first-order chi connectivity index (χ1) is 11.7. The standard InChI is InChI=1S/C21H25NO2/c1-14-10-16-11-20(23-2)17(12-21(16)24-14)13-22-19-9-5-7-15-6-3-4-8-18(15)19/h3-4,6,8,11-12,14,19,22H,5,7,9-10,13H2,1-2H3/t14-,19+/m0/s1. The molecule has 0 amide bonds. The van der Waals surface area contributed by atoms with E-state index >= 15 is 0 Å². The Hall–Kier alpha value is -2.00. The van der Waals surface area contributed by atoms with Crippen LogP contribution in [-0.2, 0) is 19.4 Å². The summed E-state index contributed by atoms with van der Waals surface area (Å²) < 4.78 is 11.5. The van der Waals surface area contributed by atoms with Crippen LogP contribution >= 0.6 is 0 Å². The van der Waals surface area contributed by atoms with E-state index < -0.39 is 0 Å². The number of methoxy groups -OCH3 is 1. The molecule has 3 heteroatoms. The number of hydrogen-bond acceptors (Lipinski definition) is 3. The highest BCUT2D eigenvalue weighted by atomic mass is 16.5. The maximum Gasteiger partial charge on any atom is 0.123 e. The van der Waals surface area contributed by atoms with Gasteiger partial charge in [-0.15, -0.1) is 0 Å².